The van der Waals surface area contributed by atoms with Gasteiger partial charge >= 0.3 is 8.80 Å². The van der Waals surface area contributed by atoms with Gasteiger partial charge in [-0.15, -0.1) is 0 Å². The van der Waals surface area contributed by atoms with Crippen LogP contribution < -0.4 is 0 Å². The molecule has 1 aromatic rings. The van der Waals surface area contributed by atoms with Crippen LogP contribution in [-0.2, 0) is 8.85 Å². The highest BCUT2D eigenvalue weighted by Gasteiger charge is 2.50. The predicted molar refractivity (Wildman–Crippen MR) is 91.6 cm³/mol. The van der Waals surface area contributed by atoms with Gasteiger partial charge in [-0.05, 0) is 52.9 Å². The number of halogens is 5. The zero-order valence-electron chi connectivity index (χ0n) is 15.8. The zero-order chi connectivity index (χ0) is 20.5. The van der Waals surface area contributed by atoms with Crippen LogP contribution in [0.25, 0.3) is 0 Å². The van der Waals surface area contributed by atoms with Gasteiger partial charge < -0.3 is 13.6 Å². The van der Waals surface area contributed by atoms with Gasteiger partial charge in [-0.25, -0.2) is 22.0 Å². The molecule has 1 aliphatic rings. The second-order valence-corrected chi connectivity index (χ2v) is 10.1. The molecule has 2 unspecified atom stereocenters. The molecule has 0 saturated heterocycles. The normalized spacial score (nSPS) is 21.3. The van der Waals surface area contributed by atoms with Gasteiger partial charge in [0, 0.05) is 23.3 Å². The lowest BCUT2D eigenvalue weighted by molar-refractivity contribution is 0.0337. The summed E-state index contributed by atoms with van der Waals surface area (Å²) in [4.78, 5) is 11.0. The van der Waals surface area contributed by atoms with Crippen molar-refractivity contribution in [2.24, 2.45) is 0 Å². The first-order valence-electron chi connectivity index (χ1n) is 9.07. The van der Waals surface area contributed by atoms with Crippen LogP contribution in [0.15, 0.2) is 0 Å². The van der Waals surface area contributed by atoms with Crippen molar-refractivity contribution in [2.75, 3.05) is 0 Å². The zero-order valence-corrected chi connectivity index (χ0v) is 16.8. The first-order chi connectivity index (χ1) is 12.5. The topological polar surface area (TPSA) is 38.7 Å². The van der Waals surface area contributed by atoms with Crippen LogP contribution in [0, 0.1) is 29.1 Å². The summed E-state index contributed by atoms with van der Waals surface area (Å²) in [5.41, 5.74) is -1.36. The summed E-state index contributed by atoms with van der Waals surface area (Å²) in [5.74, 6) is -10.6. The third kappa shape index (κ3) is 4.69. The third-order valence-electron chi connectivity index (χ3n) is 4.65. The molecule has 0 radical (unpaired) electrons. The van der Waals surface area contributed by atoms with E-state index in [1.807, 2.05) is 0 Å². The Kier molecular flexibility index (Phi) is 7.04. The van der Waals surface area contributed by atoms with E-state index in [4.69, 9.17) is 8.85 Å². The van der Waals surface area contributed by atoms with Crippen LogP contribution in [0.5, 0.6) is 0 Å². The monoisotopic (exact) mass is 412 g/mol. The summed E-state index contributed by atoms with van der Waals surface area (Å²) in [6.07, 6.45) is 0.551. The molecule has 154 valence electrons. The molecule has 1 N–H and O–H groups in total. The van der Waals surface area contributed by atoms with Crippen molar-refractivity contribution in [2.45, 2.75) is 77.0 Å². The molecule has 1 aromatic carbocycles. The molecule has 0 aromatic heterocycles. The van der Waals surface area contributed by atoms with E-state index in [0.717, 1.165) is 0 Å². The molecule has 3 nitrogen and oxygen atoms in total. The summed E-state index contributed by atoms with van der Waals surface area (Å²) in [5, 5.41) is 0. The Hall–Kier alpha value is -1.03. The van der Waals surface area contributed by atoms with E-state index < -0.39 is 54.9 Å². The van der Waals surface area contributed by atoms with Crippen molar-refractivity contribution in [3.8, 4) is 0 Å². The average molecular weight is 412 g/mol. The predicted octanol–water partition coefficient (Wildman–Crippen LogP) is 5.19. The Morgan fingerprint density at radius 1 is 0.815 bits per heavy atom. The summed E-state index contributed by atoms with van der Waals surface area (Å²) in [7, 11) is -3.73. The van der Waals surface area contributed by atoms with Crippen molar-refractivity contribution in [3.05, 3.63) is 34.6 Å². The van der Waals surface area contributed by atoms with Gasteiger partial charge in [-0.3, -0.25) is 0 Å². The molecule has 2 atom stereocenters. The van der Waals surface area contributed by atoms with Crippen LogP contribution in [0.1, 0.15) is 64.9 Å². The minimum atomic E-state index is -3.73. The minimum absolute atomic E-state index is 0.0283. The number of hydrogen-bond acceptors (Lipinski definition) is 3. The lowest BCUT2D eigenvalue weighted by Crippen LogP contribution is -2.51. The maximum absolute atomic E-state index is 14.2. The SMILES string of the molecule is CC(C)O[Si](O)(OC(C)C)C1CCCC(c2c(F)c(F)c(F)c(F)c2F)C1. The average Bonchev–Trinajstić information content (AvgIpc) is 2.57. The first kappa shape index (κ1) is 22.3. The van der Waals surface area contributed by atoms with Crippen molar-refractivity contribution < 1.29 is 35.6 Å². The van der Waals surface area contributed by atoms with Gasteiger partial charge in [0.2, 0.25) is 5.82 Å². The minimum Gasteiger partial charge on any atom is -0.390 e. The highest BCUT2D eigenvalue weighted by Crippen LogP contribution is 2.46. The lowest BCUT2D eigenvalue weighted by Gasteiger charge is -2.39. The molecule has 2 rings (SSSR count). The van der Waals surface area contributed by atoms with Gasteiger partial charge in [-0.1, -0.05) is 6.42 Å². The fourth-order valence-corrected chi connectivity index (χ4v) is 6.60. The van der Waals surface area contributed by atoms with Crippen LogP contribution in [0.2, 0.25) is 5.54 Å². The van der Waals surface area contributed by atoms with Gasteiger partial charge in [0.15, 0.2) is 23.3 Å². The Labute approximate surface area is 156 Å². The fraction of sp³-hybridized carbons (Fsp3) is 0.667. The van der Waals surface area contributed by atoms with E-state index in [0.29, 0.717) is 12.8 Å². The van der Waals surface area contributed by atoms with Crippen LogP contribution in [-0.4, -0.2) is 25.8 Å². The van der Waals surface area contributed by atoms with Gasteiger partial charge in [0.05, 0.1) is 0 Å². The molecule has 0 spiro atoms. The largest absolute Gasteiger partial charge is 0.501 e. The smallest absolute Gasteiger partial charge is 0.390 e. The number of benzene rings is 1. The summed E-state index contributed by atoms with van der Waals surface area (Å²) >= 11 is 0. The molecule has 1 fully saturated rings. The maximum atomic E-state index is 14.2. The Morgan fingerprint density at radius 2 is 1.26 bits per heavy atom. The van der Waals surface area contributed by atoms with Crippen LogP contribution >= 0.6 is 0 Å². The van der Waals surface area contributed by atoms with Gasteiger partial charge in [0.25, 0.3) is 0 Å². The number of rotatable bonds is 6. The van der Waals surface area contributed by atoms with Crippen LogP contribution in [0.3, 0.4) is 0 Å². The van der Waals surface area contributed by atoms with E-state index in [2.05, 4.69) is 0 Å². The Bertz CT molecular complexity index is 644. The molecule has 0 aliphatic heterocycles. The van der Waals surface area contributed by atoms with Crippen LogP contribution in [0.4, 0.5) is 22.0 Å². The van der Waals surface area contributed by atoms with Gasteiger partial charge in [-0.2, -0.15) is 0 Å². The summed E-state index contributed by atoms with van der Waals surface area (Å²) in [6.45, 7) is 6.91. The quantitative estimate of drug-likeness (QED) is 0.302. The molecule has 0 amide bonds. The molecule has 0 bridgehead atoms. The molecular weight excluding hydrogens is 387 g/mol. The Balaban J connectivity index is 2.38. The van der Waals surface area contributed by atoms with E-state index in [9.17, 15) is 26.7 Å². The van der Waals surface area contributed by atoms with Crippen molar-refractivity contribution in [3.63, 3.8) is 0 Å². The molecular formula is C18H25F5O3Si. The standard InChI is InChI=1S/C18H25F5O3Si/c1-9(2)25-27(24,26-10(3)4)12-7-5-6-11(8-12)13-14(19)16(21)18(23)17(22)15(13)20/h9-12,24H,5-8H2,1-4H3. The maximum Gasteiger partial charge on any atom is 0.501 e. The lowest BCUT2D eigenvalue weighted by atomic mass is 9.83. The highest BCUT2D eigenvalue weighted by atomic mass is 28.4. The molecule has 1 saturated carbocycles. The highest BCUT2D eigenvalue weighted by molar-refractivity contribution is 6.61. The van der Waals surface area contributed by atoms with Gasteiger partial charge in [0.1, 0.15) is 0 Å². The Morgan fingerprint density at radius 3 is 1.70 bits per heavy atom. The van der Waals surface area contributed by atoms with Crippen molar-refractivity contribution in [1.29, 1.82) is 0 Å². The summed E-state index contributed by atoms with van der Waals surface area (Å²) in [6, 6.07) is 0. The van der Waals surface area contributed by atoms with Crippen molar-refractivity contribution >= 4 is 8.80 Å². The molecule has 1 aliphatic carbocycles. The second kappa shape index (κ2) is 8.55. The summed E-state index contributed by atoms with van der Waals surface area (Å²) < 4.78 is 80.2. The van der Waals surface area contributed by atoms with E-state index in [-0.39, 0.29) is 25.0 Å². The van der Waals surface area contributed by atoms with Crippen molar-refractivity contribution in [1.82, 2.24) is 0 Å². The first-order valence-corrected chi connectivity index (χ1v) is 10.9. The van der Waals surface area contributed by atoms with E-state index in [1.54, 1.807) is 27.7 Å². The third-order valence-corrected chi connectivity index (χ3v) is 7.83. The van der Waals surface area contributed by atoms with E-state index in [1.165, 1.54) is 0 Å². The molecule has 0 heterocycles. The molecule has 9 heteroatoms. The molecule has 27 heavy (non-hydrogen) atoms. The second-order valence-electron chi connectivity index (χ2n) is 7.51. The van der Waals surface area contributed by atoms with E-state index >= 15 is 0 Å². The number of hydrogen-bond donors (Lipinski definition) is 1. The fourth-order valence-electron chi connectivity index (χ4n) is 3.66.